The molecule has 3 rings (SSSR count). The first-order chi connectivity index (χ1) is 9.50. The molecule has 0 unspecified atom stereocenters. The largest absolute Gasteiger partial charge is 0.321 e. The van der Waals surface area contributed by atoms with Crippen molar-refractivity contribution in [1.29, 1.82) is 0 Å². The van der Waals surface area contributed by atoms with Gasteiger partial charge in [-0.2, -0.15) is 0 Å². The van der Waals surface area contributed by atoms with Crippen molar-refractivity contribution in [1.82, 2.24) is 9.55 Å². The molecule has 2 aromatic rings. The maximum atomic E-state index is 12.1. The Morgan fingerprint density at radius 2 is 2.00 bits per heavy atom. The van der Waals surface area contributed by atoms with Crippen LogP contribution in [0.2, 0.25) is 10.2 Å². The van der Waals surface area contributed by atoms with E-state index in [-0.39, 0.29) is 17.1 Å². The van der Waals surface area contributed by atoms with Crippen LogP contribution in [-0.4, -0.2) is 21.2 Å². The van der Waals surface area contributed by atoms with Gasteiger partial charge in [0.2, 0.25) is 0 Å². The summed E-state index contributed by atoms with van der Waals surface area (Å²) < 4.78 is 1.65. The van der Waals surface area contributed by atoms with Gasteiger partial charge in [0.05, 0.1) is 29.0 Å². The van der Waals surface area contributed by atoms with Crippen molar-refractivity contribution in [3.05, 3.63) is 46.0 Å². The Labute approximate surface area is 124 Å². The number of hydrogen-bond donors (Lipinski definition) is 0. The van der Waals surface area contributed by atoms with E-state index in [2.05, 4.69) is 4.98 Å². The minimum absolute atomic E-state index is 0.168. The van der Waals surface area contributed by atoms with Gasteiger partial charge in [0.15, 0.2) is 0 Å². The molecule has 2 heterocycles. The van der Waals surface area contributed by atoms with Gasteiger partial charge in [-0.1, -0.05) is 29.3 Å². The highest BCUT2D eigenvalue weighted by atomic mass is 35.5. The van der Waals surface area contributed by atoms with Crippen LogP contribution in [0.3, 0.4) is 0 Å². The molecule has 1 aliphatic heterocycles. The molecule has 1 aromatic carbocycles. The molecule has 0 radical (unpaired) electrons. The van der Waals surface area contributed by atoms with E-state index in [1.807, 2.05) is 0 Å². The predicted molar refractivity (Wildman–Crippen MR) is 75.2 cm³/mol. The van der Waals surface area contributed by atoms with Crippen molar-refractivity contribution in [3.8, 4) is 0 Å². The van der Waals surface area contributed by atoms with Gasteiger partial charge in [0.1, 0.15) is 11.0 Å². The van der Waals surface area contributed by atoms with Gasteiger partial charge in [-0.05, 0) is 12.1 Å². The lowest BCUT2D eigenvalue weighted by molar-refractivity contribution is -0.114. The molecule has 1 aromatic heterocycles. The number of nitrogens with zero attached hydrogens (tertiary/aromatic N) is 3. The number of rotatable bonds is 2. The number of amides is 1. The zero-order valence-electron chi connectivity index (χ0n) is 10.4. The summed E-state index contributed by atoms with van der Waals surface area (Å²) in [5.74, 6) is -0.609. The molecular weight excluding hydrogens is 301 g/mol. The van der Waals surface area contributed by atoms with Gasteiger partial charge in [0, 0.05) is 7.05 Å². The number of ketones is 1. The molecule has 0 spiro atoms. The average Bonchev–Trinajstić information content (AvgIpc) is 2.86. The first-order valence-corrected chi connectivity index (χ1v) is 6.57. The molecule has 1 aliphatic rings. The second-order valence-electron chi connectivity index (χ2n) is 4.41. The summed E-state index contributed by atoms with van der Waals surface area (Å²) in [6.45, 7) is 0.168. The third-order valence-electron chi connectivity index (χ3n) is 3.28. The lowest BCUT2D eigenvalue weighted by Gasteiger charge is -2.16. The first kappa shape index (κ1) is 13.1. The molecule has 0 saturated carbocycles. The van der Waals surface area contributed by atoms with Crippen LogP contribution in [0.5, 0.6) is 0 Å². The van der Waals surface area contributed by atoms with E-state index in [1.165, 1.54) is 11.1 Å². The second kappa shape index (κ2) is 4.61. The van der Waals surface area contributed by atoms with Gasteiger partial charge < -0.3 is 4.57 Å². The number of anilines is 1. The standard InChI is InChI=1S/C13H9Cl2N3O2/c1-17-9(15)5-16-10(17)6-18-8-4-2-3-7(14)11(8)12(19)13(18)20/h2-5H,6H2,1H3. The number of hydrogen-bond acceptors (Lipinski definition) is 3. The minimum atomic E-state index is -0.604. The van der Waals surface area contributed by atoms with Gasteiger partial charge >= 0.3 is 0 Å². The van der Waals surface area contributed by atoms with Crippen LogP contribution in [-0.2, 0) is 18.4 Å². The molecule has 7 heteroatoms. The van der Waals surface area contributed by atoms with Crippen LogP contribution in [0, 0.1) is 0 Å². The normalized spacial score (nSPS) is 14.1. The van der Waals surface area contributed by atoms with Gasteiger partial charge in [-0.25, -0.2) is 4.98 Å². The van der Waals surface area contributed by atoms with Crippen LogP contribution < -0.4 is 4.90 Å². The maximum Gasteiger partial charge on any atom is 0.299 e. The van der Waals surface area contributed by atoms with E-state index >= 15 is 0 Å². The first-order valence-electron chi connectivity index (χ1n) is 5.81. The van der Waals surface area contributed by atoms with E-state index in [0.717, 1.165) is 0 Å². The van der Waals surface area contributed by atoms with Crippen molar-refractivity contribution in [2.45, 2.75) is 6.54 Å². The van der Waals surface area contributed by atoms with Gasteiger partial charge in [0.25, 0.3) is 11.7 Å². The number of benzene rings is 1. The second-order valence-corrected chi connectivity index (χ2v) is 5.20. The number of halogens is 2. The highest BCUT2D eigenvalue weighted by Gasteiger charge is 2.37. The Balaban J connectivity index is 2.04. The molecule has 0 N–H and O–H groups in total. The molecular formula is C13H9Cl2N3O2. The fraction of sp³-hybridized carbons (Fsp3) is 0.154. The Morgan fingerprint density at radius 1 is 1.25 bits per heavy atom. The van der Waals surface area contributed by atoms with E-state index in [1.54, 1.807) is 29.8 Å². The van der Waals surface area contributed by atoms with Crippen molar-refractivity contribution in [2.75, 3.05) is 4.90 Å². The molecule has 0 atom stereocenters. The van der Waals surface area contributed by atoms with Crippen LogP contribution in [0.4, 0.5) is 5.69 Å². The molecule has 0 fully saturated rings. The van der Waals surface area contributed by atoms with Crippen LogP contribution in [0.1, 0.15) is 16.2 Å². The summed E-state index contributed by atoms with van der Waals surface area (Å²) in [7, 11) is 1.74. The fourth-order valence-electron chi connectivity index (χ4n) is 2.17. The van der Waals surface area contributed by atoms with Crippen LogP contribution in [0.25, 0.3) is 0 Å². The zero-order valence-corrected chi connectivity index (χ0v) is 11.9. The Hall–Kier alpha value is -1.85. The van der Waals surface area contributed by atoms with Crippen molar-refractivity contribution >= 4 is 40.6 Å². The Bertz CT molecular complexity index is 739. The predicted octanol–water partition coefficient (Wildman–Crippen LogP) is 2.46. The van der Waals surface area contributed by atoms with E-state index in [9.17, 15) is 9.59 Å². The average molecular weight is 310 g/mol. The third-order valence-corrected chi connectivity index (χ3v) is 3.94. The van der Waals surface area contributed by atoms with E-state index < -0.39 is 11.7 Å². The van der Waals surface area contributed by atoms with E-state index in [0.29, 0.717) is 16.7 Å². The summed E-state index contributed by atoms with van der Waals surface area (Å²) in [4.78, 5) is 29.6. The summed E-state index contributed by atoms with van der Waals surface area (Å²) in [6.07, 6.45) is 1.50. The Kier molecular flexibility index (Phi) is 3.03. The zero-order chi connectivity index (χ0) is 14.4. The number of fused-ring (bicyclic) bond motifs is 1. The maximum absolute atomic E-state index is 12.1. The highest BCUT2D eigenvalue weighted by molar-refractivity contribution is 6.55. The minimum Gasteiger partial charge on any atom is -0.321 e. The summed E-state index contributed by atoms with van der Waals surface area (Å²) in [5.41, 5.74) is 0.756. The fourth-order valence-corrected chi connectivity index (χ4v) is 2.57. The smallest absolute Gasteiger partial charge is 0.299 e. The van der Waals surface area contributed by atoms with Crippen molar-refractivity contribution in [2.24, 2.45) is 7.05 Å². The summed E-state index contributed by atoms with van der Waals surface area (Å²) in [5, 5.41) is 0.741. The SMILES string of the molecule is Cn1c(Cl)cnc1CN1C(=O)C(=O)c2c(Cl)cccc21. The van der Waals surface area contributed by atoms with E-state index in [4.69, 9.17) is 23.2 Å². The monoisotopic (exact) mass is 309 g/mol. The lowest BCUT2D eigenvalue weighted by Crippen LogP contribution is -2.30. The number of carbonyl (C=O) groups excluding carboxylic acids is 2. The van der Waals surface area contributed by atoms with Gasteiger partial charge in [-0.3, -0.25) is 14.5 Å². The number of carbonyl (C=O) groups is 2. The summed E-state index contributed by atoms with van der Waals surface area (Å²) in [6, 6.07) is 4.98. The van der Waals surface area contributed by atoms with Crippen LogP contribution in [0.15, 0.2) is 24.4 Å². The molecule has 20 heavy (non-hydrogen) atoms. The number of imidazole rings is 1. The third kappa shape index (κ3) is 1.82. The molecule has 0 saturated heterocycles. The van der Waals surface area contributed by atoms with Crippen molar-refractivity contribution < 1.29 is 9.59 Å². The molecule has 1 amide bonds. The van der Waals surface area contributed by atoms with Gasteiger partial charge in [-0.15, -0.1) is 0 Å². The molecule has 5 nitrogen and oxygen atoms in total. The molecule has 0 aliphatic carbocycles. The van der Waals surface area contributed by atoms with Crippen molar-refractivity contribution in [3.63, 3.8) is 0 Å². The lowest BCUT2D eigenvalue weighted by atomic mass is 10.1. The van der Waals surface area contributed by atoms with Crippen LogP contribution >= 0.6 is 23.2 Å². The molecule has 0 bridgehead atoms. The molecule has 102 valence electrons. The Morgan fingerprint density at radius 3 is 2.65 bits per heavy atom. The number of Topliss-reactive ketones (excluding diaryl/α,β-unsaturated/α-hetero) is 1. The highest BCUT2D eigenvalue weighted by Crippen LogP contribution is 2.34. The summed E-state index contributed by atoms with van der Waals surface area (Å²) >= 11 is 11.9. The topological polar surface area (TPSA) is 55.2 Å². The quantitative estimate of drug-likeness (QED) is 0.801. The number of aromatic nitrogens is 2.